The minimum absolute atomic E-state index is 0.291. The molecule has 1 aromatic heterocycles. The minimum atomic E-state index is -0.364. The molecule has 7 nitrogen and oxygen atoms in total. The Morgan fingerprint density at radius 3 is 2.56 bits per heavy atom. The van der Waals surface area contributed by atoms with E-state index in [0.717, 1.165) is 23.2 Å². The number of ether oxygens (including phenoxy) is 1. The molecular formula is C25H26N4O3. The summed E-state index contributed by atoms with van der Waals surface area (Å²) in [6, 6.07) is 14.9. The number of rotatable bonds is 5. The number of aryl methyl sites for hydroxylation is 1. The number of para-hydroxylation sites is 2. The number of hydrogen-bond acceptors (Lipinski definition) is 5. The molecule has 0 unspecified atom stereocenters. The Hall–Kier alpha value is -3.87. The van der Waals surface area contributed by atoms with Crippen molar-refractivity contribution in [3.63, 3.8) is 0 Å². The van der Waals surface area contributed by atoms with E-state index >= 15 is 0 Å². The van der Waals surface area contributed by atoms with E-state index in [4.69, 9.17) is 4.74 Å². The monoisotopic (exact) mass is 430 g/mol. The summed E-state index contributed by atoms with van der Waals surface area (Å²) < 4.78 is 6.05. The number of nitrogens with one attached hydrogen (secondary N) is 3. The number of anilines is 3. The van der Waals surface area contributed by atoms with Gasteiger partial charge in [-0.05, 0) is 50.1 Å². The van der Waals surface area contributed by atoms with Crippen LogP contribution in [0.1, 0.15) is 45.7 Å². The third-order valence-electron chi connectivity index (χ3n) is 5.36. The molecule has 0 atom stereocenters. The van der Waals surface area contributed by atoms with Crippen LogP contribution in [0.3, 0.4) is 0 Å². The highest BCUT2D eigenvalue weighted by Crippen LogP contribution is 2.38. The van der Waals surface area contributed by atoms with Crippen molar-refractivity contribution < 1.29 is 14.3 Å². The number of aromatic nitrogens is 1. The molecule has 1 aliphatic rings. The van der Waals surface area contributed by atoms with Gasteiger partial charge in [-0.1, -0.05) is 30.3 Å². The van der Waals surface area contributed by atoms with E-state index in [1.807, 2.05) is 57.2 Å². The van der Waals surface area contributed by atoms with E-state index in [1.54, 1.807) is 19.2 Å². The van der Waals surface area contributed by atoms with Gasteiger partial charge in [-0.3, -0.25) is 9.59 Å². The zero-order valence-electron chi connectivity index (χ0n) is 18.6. The fourth-order valence-corrected chi connectivity index (χ4v) is 3.75. The number of pyridine rings is 1. The van der Waals surface area contributed by atoms with Gasteiger partial charge in [-0.15, -0.1) is 0 Å². The first kappa shape index (κ1) is 21.4. The third-order valence-corrected chi connectivity index (χ3v) is 5.36. The molecule has 164 valence electrons. The lowest BCUT2D eigenvalue weighted by atomic mass is 10.0. The molecule has 2 amide bonds. The molecule has 32 heavy (non-hydrogen) atoms. The van der Waals surface area contributed by atoms with Crippen LogP contribution in [0.2, 0.25) is 0 Å². The normalized spacial score (nSPS) is 13.6. The van der Waals surface area contributed by atoms with Crippen LogP contribution in [0.15, 0.2) is 54.7 Å². The lowest BCUT2D eigenvalue weighted by Crippen LogP contribution is -2.25. The third kappa shape index (κ3) is 4.27. The van der Waals surface area contributed by atoms with Crippen molar-refractivity contribution in [3.05, 3.63) is 77.0 Å². The summed E-state index contributed by atoms with van der Waals surface area (Å²) in [7, 11) is 1.55. The lowest BCUT2D eigenvalue weighted by molar-refractivity contribution is 0.0960. The maximum atomic E-state index is 13.3. The van der Waals surface area contributed by atoms with Gasteiger partial charge in [0, 0.05) is 25.4 Å². The summed E-state index contributed by atoms with van der Waals surface area (Å²) >= 11 is 0. The van der Waals surface area contributed by atoms with Crippen molar-refractivity contribution in [2.24, 2.45) is 0 Å². The first-order valence-corrected chi connectivity index (χ1v) is 10.4. The zero-order chi connectivity index (χ0) is 22.9. The van der Waals surface area contributed by atoms with Crippen LogP contribution in [0.25, 0.3) is 0 Å². The second kappa shape index (κ2) is 8.34. The topological polar surface area (TPSA) is 92.4 Å². The van der Waals surface area contributed by atoms with E-state index in [1.165, 1.54) is 6.20 Å². The number of fused-ring (bicyclic) bond motifs is 1. The van der Waals surface area contributed by atoms with E-state index in [0.29, 0.717) is 28.4 Å². The highest BCUT2D eigenvalue weighted by atomic mass is 16.5. The van der Waals surface area contributed by atoms with Crippen LogP contribution in [-0.4, -0.2) is 29.4 Å². The molecule has 0 saturated heterocycles. The van der Waals surface area contributed by atoms with Crippen LogP contribution < -0.4 is 20.7 Å². The van der Waals surface area contributed by atoms with Gasteiger partial charge in [-0.2, -0.15) is 0 Å². The number of benzene rings is 2. The molecule has 3 N–H and O–H groups in total. The van der Waals surface area contributed by atoms with Crippen molar-refractivity contribution >= 4 is 29.0 Å². The molecule has 4 rings (SSSR count). The number of hydrogen-bond donors (Lipinski definition) is 3. The highest BCUT2D eigenvalue weighted by molar-refractivity contribution is 6.08. The number of carbonyl (C=O) groups excluding carboxylic acids is 2. The van der Waals surface area contributed by atoms with E-state index < -0.39 is 0 Å². The predicted molar refractivity (Wildman–Crippen MR) is 125 cm³/mol. The highest BCUT2D eigenvalue weighted by Gasteiger charge is 2.33. The van der Waals surface area contributed by atoms with Crippen LogP contribution in [0.4, 0.5) is 17.2 Å². The summed E-state index contributed by atoms with van der Waals surface area (Å²) in [6.07, 6.45) is 2.21. The van der Waals surface area contributed by atoms with Crippen molar-refractivity contribution in [3.8, 4) is 5.75 Å². The van der Waals surface area contributed by atoms with Crippen LogP contribution in [-0.2, 0) is 6.42 Å². The molecule has 2 heterocycles. The molecule has 1 aliphatic heterocycles. The Balaban J connectivity index is 1.69. The number of nitrogens with zero attached hydrogens (tertiary/aromatic N) is 1. The SMILES string of the molecule is CNC(=O)c1cnc(Nc2ccccc2C)c(NC(=O)c2cccc3c2OC(C)(C)C3)c1. The van der Waals surface area contributed by atoms with Crippen LogP contribution in [0.5, 0.6) is 5.75 Å². The first-order valence-electron chi connectivity index (χ1n) is 10.4. The molecule has 2 aromatic carbocycles. The summed E-state index contributed by atoms with van der Waals surface area (Å²) in [5.74, 6) is 0.414. The largest absolute Gasteiger partial charge is 0.486 e. The van der Waals surface area contributed by atoms with Gasteiger partial charge in [0.25, 0.3) is 11.8 Å². The Kier molecular flexibility index (Phi) is 5.57. The molecule has 0 aliphatic carbocycles. The van der Waals surface area contributed by atoms with Gasteiger partial charge in [-0.25, -0.2) is 4.98 Å². The summed E-state index contributed by atoms with van der Waals surface area (Å²) in [4.78, 5) is 29.8. The van der Waals surface area contributed by atoms with Gasteiger partial charge >= 0.3 is 0 Å². The van der Waals surface area contributed by atoms with Crippen molar-refractivity contribution in [2.75, 3.05) is 17.7 Å². The molecule has 0 radical (unpaired) electrons. The number of carbonyl (C=O) groups is 2. The quantitative estimate of drug-likeness (QED) is 0.556. The Bertz CT molecular complexity index is 1200. The van der Waals surface area contributed by atoms with Gasteiger partial charge in [0.2, 0.25) is 0 Å². The van der Waals surface area contributed by atoms with E-state index in [9.17, 15) is 9.59 Å². The maximum absolute atomic E-state index is 13.3. The Morgan fingerprint density at radius 2 is 1.81 bits per heavy atom. The molecule has 0 saturated carbocycles. The second-order valence-electron chi connectivity index (χ2n) is 8.43. The van der Waals surface area contributed by atoms with Crippen LogP contribution >= 0.6 is 0 Å². The number of amides is 2. The average Bonchev–Trinajstić information content (AvgIpc) is 3.09. The summed E-state index contributed by atoms with van der Waals surface area (Å²) in [5.41, 5.74) is 3.70. The first-order chi connectivity index (χ1) is 15.3. The standard InChI is InChI=1S/C25H26N4O3/c1-15-8-5-6-11-19(15)28-22-20(12-17(14-27-22)23(30)26-4)29-24(31)18-10-7-9-16-13-25(2,3)32-21(16)18/h5-12,14H,13H2,1-4H3,(H,26,30)(H,27,28)(H,29,31). The molecule has 3 aromatic rings. The summed E-state index contributed by atoms with van der Waals surface area (Å²) in [6.45, 7) is 5.97. The van der Waals surface area contributed by atoms with Gasteiger partial charge in [0.15, 0.2) is 5.82 Å². The smallest absolute Gasteiger partial charge is 0.259 e. The van der Waals surface area contributed by atoms with Crippen molar-refractivity contribution in [1.82, 2.24) is 10.3 Å². The van der Waals surface area contributed by atoms with Crippen molar-refractivity contribution in [1.29, 1.82) is 0 Å². The molecule has 0 spiro atoms. The second-order valence-corrected chi connectivity index (χ2v) is 8.43. The molecule has 7 heteroatoms. The van der Waals surface area contributed by atoms with Gasteiger partial charge in [0.1, 0.15) is 11.4 Å². The van der Waals surface area contributed by atoms with E-state index in [2.05, 4.69) is 20.9 Å². The lowest BCUT2D eigenvalue weighted by Gasteiger charge is -2.18. The Labute approximate surface area is 187 Å². The van der Waals surface area contributed by atoms with Crippen LogP contribution in [0, 0.1) is 6.92 Å². The van der Waals surface area contributed by atoms with Gasteiger partial charge in [0.05, 0.1) is 16.8 Å². The predicted octanol–water partition coefficient (Wildman–Crippen LogP) is 4.46. The fraction of sp³-hybridized carbons (Fsp3) is 0.240. The maximum Gasteiger partial charge on any atom is 0.259 e. The van der Waals surface area contributed by atoms with E-state index in [-0.39, 0.29) is 17.4 Å². The molecule has 0 fully saturated rings. The molecule has 0 bridgehead atoms. The minimum Gasteiger partial charge on any atom is -0.486 e. The molecular weight excluding hydrogens is 404 g/mol. The van der Waals surface area contributed by atoms with Crippen molar-refractivity contribution in [2.45, 2.75) is 32.8 Å². The fourth-order valence-electron chi connectivity index (χ4n) is 3.75. The Morgan fingerprint density at radius 1 is 1.03 bits per heavy atom. The summed E-state index contributed by atoms with van der Waals surface area (Å²) in [5, 5.41) is 8.76. The van der Waals surface area contributed by atoms with Gasteiger partial charge < -0.3 is 20.7 Å². The average molecular weight is 431 g/mol. The zero-order valence-corrected chi connectivity index (χ0v) is 18.6.